The van der Waals surface area contributed by atoms with Gasteiger partial charge < -0.3 is 14.6 Å². The second-order valence-corrected chi connectivity index (χ2v) is 6.98. The molecule has 0 saturated carbocycles. The number of alkyl halides is 3. The lowest BCUT2D eigenvalue weighted by Gasteiger charge is -2.28. The summed E-state index contributed by atoms with van der Waals surface area (Å²) in [6.45, 7) is 3.80. The quantitative estimate of drug-likeness (QED) is 0.508. The Bertz CT molecular complexity index is 597. The molecule has 0 aliphatic carbocycles. The van der Waals surface area contributed by atoms with Gasteiger partial charge in [0.1, 0.15) is 10.8 Å². The molecule has 1 rings (SSSR count). The Kier molecular flexibility index (Phi) is 8.19. The molecule has 1 atom stereocenters. The topological polar surface area (TPSA) is 38.7 Å². The van der Waals surface area contributed by atoms with E-state index < -0.39 is 16.6 Å². The molecule has 1 aromatic carbocycles. The first kappa shape index (κ1) is 22.2. The maximum atomic E-state index is 12.3. The van der Waals surface area contributed by atoms with E-state index in [1.165, 1.54) is 12.1 Å². The molecule has 0 aliphatic rings. The van der Waals surface area contributed by atoms with Crippen LogP contribution in [0.3, 0.4) is 0 Å². The molecule has 0 fully saturated rings. The van der Waals surface area contributed by atoms with Gasteiger partial charge in [0.25, 0.3) is 0 Å². The smallest absolute Gasteiger partial charge is 0.426 e. The van der Waals surface area contributed by atoms with E-state index in [4.69, 9.17) is 44.3 Å². The first-order valence-corrected chi connectivity index (χ1v) is 8.43. The number of benzene rings is 1. The van der Waals surface area contributed by atoms with E-state index in [1.807, 2.05) is 13.8 Å². The molecule has 0 spiro atoms. The van der Waals surface area contributed by atoms with Gasteiger partial charge in [-0.25, -0.2) is 0 Å². The largest absolute Gasteiger partial charge is 0.508 e. The summed E-state index contributed by atoms with van der Waals surface area (Å²) in [7, 11) is 0. The van der Waals surface area contributed by atoms with Crippen LogP contribution in [-0.4, -0.2) is 31.1 Å². The summed E-state index contributed by atoms with van der Waals surface area (Å²) < 4.78 is 47.7. The van der Waals surface area contributed by atoms with Crippen molar-refractivity contribution in [3.63, 3.8) is 0 Å². The third-order valence-electron chi connectivity index (χ3n) is 3.50. The maximum Gasteiger partial charge on any atom is 0.426 e. The highest BCUT2D eigenvalue weighted by atomic mass is 35.5. The van der Waals surface area contributed by atoms with Crippen LogP contribution in [-0.2, 0) is 4.74 Å². The summed E-state index contributed by atoms with van der Waals surface area (Å²) in [5.41, 5.74) is -0.483. The second-order valence-electron chi connectivity index (χ2n) is 5.76. The minimum Gasteiger partial charge on any atom is -0.508 e. The standard InChI is InChI=1S/C16H18Cl3F3O3/c1-3-15(2,8-24-5-4-13(19)16(20,21)22)9-25-14-11(17)6-10(23)7-12(14)18/h4,6-7,23H,3,5,8-9H2,1-2H3/b13-4-. The fourth-order valence-electron chi connectivity index (χ4n) is 1.73. The Labute approximate surface area is 159 Å². The van der Waals surface area contributed by atoms with Crippen molar-refractivity contribution < 1.29 is 27.8 Å². The number of hydrogen-bond acceptors (Lipinski definition) is 3. The third-order valence-corrected chi connectivity index (χ3v) is 4.43. The van der Waals surface area contributed by atoms with Gasteiger partial charge >= 0.3 is 6.18 Å². The van der Waals surface area contributed by atoms with Gasteiger partial charge in [-0.05, 0) is 12.5 Å². The fourth-order valence-corrected chi connectivity index (χ4v) is 2.38. The first-order chi connectivity index (χ1) is 11.5. The lowest BCUT2D eigenvalue weighted by Crippen LogP contribution is -2.30. The first-order valence-electron chi connectivity index (χ1n) is 7.30. The number of halogens is 6. The molecule has 0 bridgehead atoms. The van der Waals surface area contributed by atoms with Crippen molar-refractivity contribution in [2.75, 3.05) is 19.8 Å². The van der Waals surface area contributed by atoms with E-state index in [0.717, 1.165) is 6.08 Å². The van der Waals surface area contributed by atoms with Crippen LogP contribution in [0.25, 0.3) is 0 Å². The predicted molar refractivity (Wildman–Crippen MR) is 92.8 cm³/mol. The van der Waals surface area contributed by atoms with E-state index in [2.05, 4.69) is 0 Å². The van der Waals surface area contributed by atoms with Gasteiger partial charge in [-0.15, -0.1) is 0 Å². The van der Waals surface area contributed by atoms with Crippen molar-refractivity contribution in [3.05, 3.63) is 33.3 Å². The lowest BCUT2D eigenvalue weighted by molar-refractivity contribution is -0.0852. The van der Waals surface area contributed by atoms with Gasteiger partial charge in [0.05, 0.1) is 29.9 Å². The monoisotopic (exact) mass is 420 g/mol. The van der Waals surface area contributed by atoms with Crippen LogP contribution in [0.5, 0.6) is 11.5 Å². The van der Waals surface area contributed by atoms with Crippen molar-refractivity contribution in [1.29, 1.82) is 0 Å². The predicted octanol–water partition coefficient (Wildman–Crippen LogP) is 6.20. The number of hydrogen-bond donors (Lipinski definition) is 1. The molecular weight excluding hydrogens is 404 g/mol. The average molecular weight is 422 g/mol. The van der Waals surface area contributed by atoms with Crippen LogP contribution in [0.1, 0.15) is 20.3 Å². The van der Waals surface area contributed by atoms with Crippen LogP contribution in [0.15, 0.2) is 23.2 Å². The normalized spacial score (nSPS) is 15.1. The Morgan fingerprint density at radius 1 is 1.20 bits per heavy atom. The molecule has 0 aliphatic heterocycles. The van der Waals surface area contributed by atoms with Gasteiger partial charge in [0.2, 0.25) is 0 Å². The number of allylic oxidation sites excluding steroid dienone is 1. The number of phenols is 1. The zero-order valence-corrected chi connectivity index (χ0v) is 15.9. The van der Waals surface area contributed by atoms with Gasteiger partial charge in [-0.1, -0.05) is 48.7 Å². The summed E-state index contributed by atoms with van der Waals surface area (Å²) in [5, 5.41) is 8.49. The maximum absolute atomic E-state index is 12.3. The minimum absolute atomic E-state index is 0.0859. The summed E-state index contributed by atoms with van der Waals surface area (Å²) in [6.07, 6.45) is -3.17. The molecule has 25 heavy (non-hydrogen) atoms. The summed E-state index contributed by atoms with van der Waals surface area (Å²) in [6, 6.07) is 2.60. The zero-order valence-electron chi connectivity index (χ0n) is 13.6. The van der Waals surface area contributed by atoms with E-state index in [9.17, 15) is 18.3 Å². The Balaban J connectivity index is 2.63. The SMILES string of the molecule is CCC(C)(COC/C=C(\Cl)C(F)(F)F)COc1c(Cl)cc(O)cc1Cl. The Morgan fingerprint density at radius 2 is 1.76 bits per heavy atom. The highest BCUT2D eigenvalue weighted by molar-refractivity contribution is 6.37. The average Bonchev–Trinajstić information content (AvgIpc) is 2.49. The molecule has 0 heterocycles. The highest BCUT2D eigenvalue weighted by Gasteiger charge is 2.32. The number of aromatic hydroxyl groups is 1. The van der Waals surface area contributed by atoms with Gasteiger partial charge in [0.15, 0.2) is 5.75 Å². The van der Waals surface area contributed by atoms with Crippen molar-refractivity contribution in [1.82, 2.24) is 0 Å². The van der Waals surface area contributed by atoms with Crippen molar-refractivity contribution in [2.24, 2.45) is 5.41 Å². The zero-order chi connectivity index (χ0) is 19.3. The van der Waals surface area contributed by atoms with Crippen LogP contribution in [0.4, 0.5) is 13.2 Å². The number of rotatable bonds is 8. The van der Waals surface area contributed by atoms with E-state index in [-0.39, 0.29) is 41.4 Å². The third kappa shape index (κ3) is 7.13. The summed E-state index contributed by atoms with van der Waals surface area (Å²) in [5.74, 6) is 0.137. The molecule has 1 aromatic rings. The molecule has 0 amide bonds. The van der Waals surface area contributed by atoms with Gasteiger partial charge in [0, 0.05) is 17.5 Å². The molecule has 0 aromatic heterocycles. The van der Waals surface area contributed by atoms with E-state index in [0.29, 0.717) is 6.42 Å². The van der Waals surface area contributed by atoms with Crippen LogP contribution in [0, 0.1) is 5.41 Å². The number of phenolic OH excluding ortho intramolecular Hbond substituents is 1. The van der Waals surface area contributed by atoms with Gasteiger partial charge in [-0.2, -0.15) is 13.2 Å². The molecular formula is C16H18Cl3F3O3. The van der Waals surface area contributed by atoms with Crippen molar-refractivity contribution in [2.45, 2.75) is 26.4 Å². The summed E-state index contributed by atoms with van der Waals surface area (Å²) >= 11 is 17.1. The van der Waals surface area contributed by atoms with Gasteiger partial charge in [-0.3, -0.25) is 0 Å². The van der Waals surface area contributed by atoms with E-state index >= 15 is 0 Å². The second kappa shape index (κ2) is 9.21. The molecule has 1 unspecified atom stereocenters. The Morgan fingerprint density at radius 3 is 2.24 bits per heavy atom. The molecule has 1 N–H and O–H groups in total. The lowest BCUT2D eigenvalue weighted by atomic mass is 9.90. The van der Waals surface area contributed by atoms with Crippen LogP contribution >= 0.6 is 34.8 Å². The molecule has 3 nitrogen and oxygen atoms in total. The van der Waals surface area contributed by atoms with Crippen molar-refractivity contribution in [3.8, 4) is 11.5 Å². The van der Waals surface area contributed by atoms with Crippen molar-refractivity contribution >= 4 is 34.8 Å². The van der Waals surface area contributed by atoms with Crippen LogP contribution in [0.2, 0.25) is 10.0 Å². The van der Waals surface area contributed by atoms with E-state index in [1.54, 1.807) is 0 Å². The molecule has 0 saturated heterocycles. The number of ether oxygens (including phenoxy) is 2. The molecule has 0 radical (unpaired) electrons. The van der Waals surface area contributed by atoms with Crippen LogP contribution < -0.4 is 4.74 Å². The summed E-state index contributed by atoms with van der Waals surface area (Å²) in [4.78, 5) is 0. The highest BCUT2D eigenvalue weighted by Crippen LogP contribution is 2.37. The fraction of sp³-hybridized carbons (Fsp3) is 0.500. The Hall–Kier alpha value is -0.820. The minimum atomic E-state index is -4.57. The molecule has 142 valence electrons. The molecule has 9 heteroatoms.